The zero-order valence-corrected chi connectivity index (χ0v) is 20.0. The van der Waals surface area contributed by atoms with Gasteiger partial charge in [0, 0.05) is 16.6 Å². The van der Waals surface area contributed by atoms with E-state index in [4.69, 9.17) is 9.47 Å². The summed E-state index contributed by atoms with van der Waals surface area (Å²) in [7, 11) is 2.98. The van der Waals surface area contributed by atoms with Crippen LogP contribution in [0.1, 0.15) is 41.9 Å². The van der Waals surface area contributed by atoms with Crippen LogP contribution < -0.4 is 9.47 Å². The molecule has 0 aromatic heterocycles. The molecule has 0 radical (unpaired) electrons. The summed E-state index contributed by atoms with van der Waals surface area (Å²) < 4.78 is 25.1. The maximum atomic E-state index is 13.5. The maximum Gasteiger partial charge on any atom is 0.132 e. The van der Waals surface area contributed by atoms with Crippen molar-refractivity contribution in [3.05, 3.63) is 87.6 Å². The molecule has 1 saturated carbocycles. The Morgan fingerprint density at radius 2 is 1.75 bits per heavy atom. The van der Waals surface area contributed by atoms with Gasteiger partial charge in [-0.2, -0.15) is 0 Å². The van der Waals surface area contributed by atoms with Crippen molar-refractivity contribution in [1.82, 2.24) is 0 Å². The van der Waals surface area contributed by atoms with E-state index in [1.165, 1.54) is 38.0 Å². The smallest absolute Gasteiger partial charge is 0.132 e. The molecule has 2 N–H and O–H groups in total. The topological polar surface area (TPSA) is 58.9 Å². The van der Waals surface area contributed by atoms with Crippen molar-refractivity contribution in [3.8, 4) is 17.2 Å². The fourth-order valence-corrected chi connectivity index (χ4v) is 4.42. The third kappa shape index (κ3) is 5.61. The number of hydrogen-bond acceptors (Lipinski definition) is 4. The number of aliphatic hydroxyl groups is 1. The highest BCUT2D eigenvalue weighted by Crippen LogP contribution is 2.52. The van der Waals surface area contributed by atoms with Crippen LogP contribution in [0.15, 0.2) is 65.1 Å². The van der Waals surface area contributed by atoms with Crippen molar-refractivity contribution in [1.29, 1.82) is 0 Å². The minimum absolute atomic E-state index is 0.0249. The quantitative estimate of drug-likeness (QED) is 0.429. The van der Waals surface area contributed by atoms with Gasteiger partial charge in [-0.25, -0.2) is 4.39 Å². The highest BCUT2D eigenvalue weighted by Gasteiger charge is 2.43. The lowest BCUT2D eigenvalue weighted by Crippen LogP contribution is -2.23. The molecule has 0 bridgehead atoms. The Bertz CT molecular complexity index is 1030. The molecule has 4 nitrogen and oxygen atoms in total. The molecule has 0 spiro atoms. The summed E-state index contributed by atoms with van der Waals surface area (Å²) in [5.41, 5.74) is 1.30. The summed E-state index contributed by atoms with van der Waals surface area (Å²) in [6, 6.07) is 17.8. The maximum absolute atomic E-state index is 13.5. The first-order valence-electron chi connectivity index (χ1n) is 10.4. The lowest BCUT2D eigenvalue weighted by molar-refractivity contribution is 0.0378. The second-order valence-electron chi connectivity index (χ2n) is 8.05. The van der Waals surface area contributed by atoms with Gasteiger partial charge in [-0.3, -0.25) is 0 Å². The highest BCUT2D eigenvalue weighted by atomic mass is 79.9. The van der Waals surface area contributed by atoms with Gasteiger partial charge >= 0.3 is 0 Å². The van der Waals surface area contributed by atoms with E-state index in [-0.39, 0.29) is 17.5 Å². The number of phenols is 1. The van der Waals surface area contributed by atoms with Gasteiger partial charge in [0.1, 0.15) is 23.1 Å². The molecule has 6 heteroatoms. The summed E-state index contributed by atoms with van der Waals surface area (Å²) in [6.45, 7) is 2.08. The Balaban J connectivity index is 0.000000305. The van der Waals surface area contributed by atoms with Gasteiger partial charge in [0.15, 0.2) is 0 Å². The van der Waals surface area contributed by atoms with Crippen LogP contribution in [0.3, 0.4) is 0 Å². The number of halogens is 2. The van der Waals surface area contributed by atoms with Gasteiger partial charge in [-0.05, 0) is 61.9 Å². The number of aryl methyl sites for hydroxylation is 1. The SMILES string of the molecule is COc1cc(O)c([C@]2(O)CC[C@@H](c3cccc(F)c3)C2)c(OC)c1.Cc1ccc(Br)cc1. The monoisotopic (exact) mass is 502 g/mol. The Kier molecular flexibility index (Phi) is 7.80. The molecule has 1 aliphatic carbocycles. The molecule has 0 aliphatic heterocycles. The fraction of sp³-hybridized carbons (Fsp3) is 0.308. The molecule has 0 amide bonds. The molecule has 170 valence electrons. The molecule has 0 unspecified atom stereocenters. The molecule has 32 heavy (non-hydrogen) atoms. The van der Waals surface area contributed by atoms with Crippen molar-refractivity contribution in [2.75, 3.05) is 14.2 Å². The Hall–Kier alpha value is -2.57. The van der Waals surface area contributed by atoms with Crippen LogP contribution in [0.25, 0.3) is 0 Å². The van der Waals surface area contributed by atoms with Gasteiger partial charge in [0.2, 0.25) is 0 Å². The van der Waals surface area contributed by atoms with Crippen molar-refractivity contribution in [2.24, 2.45) is 0 Å². The van der Waals surface area contributed by atoms with Crippen molar-refractivity contribution in [2.45, 2.75) is 37.7 Å². The Labute approximate surface area is 196 Å². The summed E-state index contributed by atoms with van der Waals surface area (Å²) >= 11 is 3.35. The summed E-state index contributed by atoms with van der Waals surface area (Å²) in [6.07, 6.45) is 1.56. The zero-order chi connectivity index (χ0) is 23.3. The number of benzene rings is 3. The number of aromatic hydroxyl groups is 1. The molecule has 3 aromatic carbocycles. The molecule has 2 atom stereocenters. The van der Waals surface area contributed by atoms with E-state index in [0.717, 1.165) is 10.0 Å². The fourth-order valence-electron chi connectivity index (χ4n) is 4.15. The molecule has 4 rings (SSSR count). The Morgan fingerprint density at radius 3 is 2.34 bits per heavy atom. The van der Waals surface area contributed by atoms with Crippen LogP contribution >= 0.6 is 15.9 Å². The molecule has 1 aliphatic rings. The number of methoxy groups -OCH3 is 2. The van der Waals surface area contributed by atoms with Crippen molar-refractivity contribution in [3.63, 3.8) is 0 Å². The average molecular weight is 503 g/mol. The van der Waals surface area contributed by atoms with E-state index in [9.17, 15) is 14.6 Å². The first-order valence-corrected chi connectivity index (χ1v) is 11.2. The zero-order valence-electron chi connectivity index (χ0n) is 18.4. The second-order valence-corrected chi connectivity index (χ2v) is 8.96. The van der Waals surface area contributed by atoms with Gasteiger partial charge in [-0.15, -0.1) is 0 Å². The molecular formula is C26H28BrFO4. The number of hydrogen-bond donors (Lipinski definition) is 2. The molecule has 0 heterocycles. The first kappa shape index (κ1) is 24.1. The highest BCUT2D eigenvalue weighted by molar-refractivity contribution is 9.10. The largest absolute Gasteiger partial charge is 0.507 e. The first-order chi connectivity index (χ1) is 15.3. The van der Waals surface area contributed by atoms with Gasteiger partial charge in [0.25, 0.3) is 0 Å². The van der Waals surface area contributed by atoms with Crippen LogP contribution in [0.2, 0.25) is 0 Å². The lowest BCUT2D eigenvalue weighted by atomic mass is 9.88. The van der Waals surface area contributed by atoms with Crippen LogP contribution in [-0.2, 0) is 5.60 Å². The summed E-state index contributed by atoms with van der Waals surface area (Å²) in [5.74, 6) is 0.518. The number of phenolic OH excluding ortho intramolecular Hbond substituents is 1. The van der Waals surface area contributed by atoms with Crippen LogP contribution in [0, 0.1) is 12.7 Å². The molecule has 0 saturated heterocycles. The van der Waals surface area contributed by atoms with Gasteiger partial charge in [-0.1, -0.05) is 45.8 Å². The Morgan fingerprint density at radius 1 is 1.03 bits per heavy atom. The van der Waals surface area contributed by atoms with Gasteiger partial charge in [0.05, 0.1) is 25.4 Å². The van der Waals surface area contributed by atoms with Crippen LogP contribution in [-0.4, -0.2) is 24.4 Å². The normalized spacial score (nSPS) is 19.8. The number of rotatable bonds is 4. The third-order valence-corrected chi connectivity index (χ3v) is 6.33. The predicted molar refractivity (Wildman–Crippen MR) is 127 cm³/mol. The van der Waals surface area contributed by atoms with Crippen molar-refractivity contribution < 1.29 is 24.1 Å². The van der Waals surface area contributed by atoms with Crippen LogP contribution in [0.5, 0.6) is 17.2 Å². The standard InChI is InChI=1S/C19H21FO4.C7H7Br/c1-23-15-9-16(21)18(17(10-15)24-2)19(22)7-6-13(11-19)12-4-3-5-14(20)8-12;1-6-2-4-7(8)5-3-6/h3-5,8-10,13,21-22H,6-7,11H2,1-2H3;2-5H,1H3/t13-,19+;/m1./s1. The third-order valence-electron chi connectivity index (χ3n) is 5.80. The van der Waals surface area contributed by atoms with E-state index in [1.807, 2.05) is 18.2 Å². The van der Waals surface area contributed by atoms with E-state index in [2.05, 4.69) is 35.0 Å². The molecule has 1 fully saturated rings. The van der Waals surface area contributed by atoms with Crippen LogP contribution in [0.4, 0.5) is 4.39 Å². The molecule has 3 aromatic rings. The predicted octanol–water partition coefficient (Wildman–Crippen LogP) is 6.46. The lowest BCUT2D eigenvalue weighted by Gasteiger charge is -2.27. The minimum Gasteiger partial charge on any atom is -0.507 e. The van der Waals surface area contributed by atoms with Gasteiger partial charge < -0.3 is 19.7 Å². The minimum atomic E-state index is -1.22. The number of ether oxygens (including phenoxy) is 2. The van der Waals surface area contributed by atoms with E-state index in [0.29, 0.717) is 36.3 Å². The van der Waals surface area contributed by atoms with Crippen molar-refractivity contribution >= 4 is 15.9 Å². The van der Waals surface area contributed by atoms with E-state index < -0.39 is 5.60 Å². The summed E-state index contributed by atoms with van der Waals surface area (Å²) in [5, 5.41) is 21.5. The average Bonchev–Trinajstić information content (AvgIpc) is 3.18. The second kappa shape index (κ2) is 10.4. The van der Waals surface area contributed by atoms with E-state index in [1.54, 1.807) is 12.1 Å². The summed E-state index contributed by atoms with van der Waals surface area (Å²) in [4.78, 5) is 0. The van der Waals surface area contributed by atoms with E-state index >= 15 is 0 Å². The molecular weight excluding hydrogens is 475 g/mol.